The predicted molar refractivity (Wildman–Crippen MR) is 49.8 cm³/mol. The van der Waals surface area contributed by atoms with Gasteiger partial charge in [-0.15, -0.1) is 0 Å². The molecule has 0 amide bonds. The van der Waals surface area contributed by atoms with Crippen LogP contribution in [0.15, 0.2) is 18.2 Å². The maximum Gasteiger partial charge on any atom is 0.231 e. The number of ether oxygens (including phenoxy) is 2. The molecule has 0 fully saturated rings. The van der Waals surface area contributed by atoms with E-state index < -0.39 is 0 Å². The molecular formula is C10H13NO2. The number of benzene rings is 1. The lowest BCUT2D eigenvalue weighted by Gasteiger charge is -2.20. The van der Waals surface area contributed by atoms with Gasteiger partial charge in [0.1, 0.15) is 0 Å². The highest BCUT2D eigenvalue weighted by atomic mass is 16.7. The summed E-state index contributed by atoms with van der Waals surface area (Å²) in [5.74, 6) is 1.58. The van der Waals surface area contributed by atoms with Crippen LogP contribution in [-0.2, 0) is 5.54 Å². The summed E-state index contributed by atoms with van der Waals surface area (Å²) >= 11 is 0. The van der Waals surface area contributed by atoms with Gasteiger partial charge in [0.05, 0.1) is 0 Å². The number of nitrogens with two attached hydrogens (primary N) is 1. The number of hydrogen-bond donors (Lipinski definition) is 1. The molecule has 70 valence electrons. The Hall–Kier alpha value is -1.22. The van der Waals surface area contributed by atoms with Gasteiger partial charge in [-0.25, -0.2) is 0 Å². The molecular weight excluding hydrogens is 166 g/mol. The molecule has 2 N–H and O–H groups in total. The third-order valence-electron chi connectivity index (χ3n) is 2.09. The van der Waals surface area contributed by atoms with Crippen molar-refractivity contribution in [3.8, 4) is 11.5 Å². The first kappa shape index (κ1) is 8.38. The zero-order valence-electron chi connectivity index (χ0n) is 7.83. The van der Waals surface area contributed by atoms with Crippen LogP contribution in [0.4, 0.5) is 0 Å². The van der Waals surface area contributed by atoms with Crippen molar-refractivity contribution >= 4 is 0 Å². The average Bonchev–Trinajstić information content (AvgIpc) is 2.48. The smallest absolute Gasteiger partial charge is 0.231 e. The second-order valence-electron chi connectivity index (χ2n) is 3.76. The molecule has 0 aromatic heterocycles. The van der Waals surface area contributed by atoms with Crippen LogP contribution in [-0.4, -0.2) is 6.79 Å². The second kappa shape index (κ2) is 2.64. The Bertz CT molecular complexity index is 328. The van der Waals surface area contributed by atoms with Crippen LogP contribution in [0.25, 0.3) is 0 Å². The first-order valence-corrected chi connectivity index (χ1v) is 4.27. The third kappa shape index (κ3) is 1.35. The van der Waals surface area contributed by atoms with E-state index >= 15 is 0 Å². The molecule has 0 bridgehead atoms. The first-order valence-electron chi connectivity index (χ1n) is 4.27. The predicted octanol–water partition coefficient (Wildman–Crippen LogP) is 1.61. The fourth-order valence-electron chi connectivity index (χ4n) is 1.44. The molecule has 1 heterocycles. The normalized spacial score (nSPS) is 14.7. The van der Waals surface area contributed by atoms with Crippen LogP contribution < -0.4 is 15.2 Å². The van der Waals surface area contributed by atoms with Crippen molar-refractivity contribution in [3.05, 3.63) is 23.8 Å². The van der Waals surface area contributed by atoms with E-state index in [2.05, 4.69) is 0 Å². The zero-order valence-corrected chi connectivity index (χ0v) is 7.83. The summed E-state index contributed by atoms with van der Waals surface area (Å²) < 4.78 is 10.6. The monoisotopic (exact) mass is 179 g/mol. The maximum absolute atomic E-state index is 5.99. The summed E-state index contributed by atoms with van der Waals surface area (Å²) in [4.78, 5) is 0. The van der Waals surface area contributed by atoms with Crippen molar-refractivity contribution in [3.63, 3.8) is 0 Å². The summed E-state index contributed by atoms with van der Waals surface area (Å²) in [6, 6.07) is 5.78. The Morgan fingerprint density at radius 3 is 2.77 bits per heavy atom. The standard InChI is InChI=1S/C10H13NO2/c1-10(2,11)7-4-3-5-8-9(7)13-6-12-8/h3-5H,6,11H2,1-2H3. The molecule has 0 atom stereocenters. The summed E-state index contributed by atoms with van der Waals surface area (Å²) in [5.41, 5.74) is 6.59. The fraction of sp³-hybridized carbons (Fsp3) is 0.400. The van der Waals surface area contributed by atoms with Gasteiger partial charge in [-0.2, -0.15) is 0 Å². The van der Waals surface area contributed by atoms with E-state index in [4.69, 9.17) is 15.2 Å². The van der Waals surface area contributed by atoms with Crippen molar-refractivity contribution < 1.29 is 9.47 Å². The van der Waals surface area contributed by atoms with Crippen LogP contribution in [0.3, 0.4) is 0 Å². The van der Waals surface area contributed by atoms with E-state index in [9.17, 15) is 0 Å². The van der Waals surface area contributed by atoms with E-state index in [1.807, 2.05) is 32.0 Å². The minimum absolute atomic E-state index is 0.294. The molecule has 0 spiro atoms. The molecule has 2 rings (SSSR count). The van der Waals surface area contributed by atoms with Crippen LogP contribution in [0.2, 0.25) is 0 Å². The molecule has 0 aliphatic carbocycles. The van der Waals surface area contributed by atoms with Gasteiger partial charge in [0.2, 0.25) is 6.79 Å². The molecule has 0 unspecified atom stereocenters. The van der Waals surface area contributed by atoms with Crippen molar-refractivity contribution in [2.45, 2.75) is 19.4 Å². The second-order valence-corrected chi connectivity index (χ2v) is 3.76. The van der Waals surface area contributed by atoms with Crippen LogP contribution in [0, 0.1) is 0 Å². The van der Waals surface area contributed by atoms with Crippen molar-refractivity contribution in [2.24, 2.45) is 5.73 Å². The molecule has 0 radical (unpaired) electrons. The number of rotatable bonds is 1. The Morgan fingerprint density at radius 2 is 2.08 bits per heavy atom. The summed E-state index contributed by atoms with van der Waals surface area (Å²) in [7, 11) is 0. The lowest BCUT2D eigenvalue weighted by Crippen LogP contribution is -2.28. The molecule has 0 saturated carbocycles. The van der Waals surface area contributed by atoms with Crippen molar-refractivity contribution in [2.75, 3.05) is 6.79 Å². The van der Waals surface area contributed by atoms with Gasteiger partial charge in [0.15, 0.2) is 11.5 Å². The average molecular weight is 179 g/mol. The summed E-state index contributed by atoms with van der Waals surface area (Å²) in [6.07, 6.45) is 0. The zero-order chi connectivity index (χ0) is 9.47. The van der Waals surface area contributed by atoms with E-state index in [-0.39, 0.29) is 5.54 Å². The fourth-order valence-corrected chi connectivity index (χ4v) is 1.44. The van der Waals surface area contributed by atoms with Gasteiger partial charge in [0.25, 0.3) is 0 Å². The van der Waals surface area contributed by atoms with Crippen LogP contribution in [0.1, 0.15) is 19.4 Å². The Morgan fingerprint density at radius 1 is 1.31 bits per heavy atom. The minimum atomic E-state index is -0.390. The third-order valence-corrected chi connectivity index (χ3v) is 2.09. The van der Waals surface area contributed by atoms with Gasteiger partial charge >= 0.3 is 0 Å². The van der Waals surface area contributed by atoms with Crippen molar-refractivity contribution in [1.82, 2.24) is 0 Å². The highest BCUT2D eigenvalue weighted by Crippen LogP contribution is 2.39. The lowest BCUT2D eigenvalue weighted by molar-refractivity contribution is 0.172. The van der Waals surface area contributed by atoms with E-state index in [0.717, 1.165) is 17.1 Å². The Balaban J connectivity index is 2.54. The number of hydrogen-bond acceptors (Lipinski definition) is 3. The van der Waals surface area contributed by atoms with Crippen LogP contribution >= 0.6 is 0 Å². The van der Waals surface area contributed by atoms with Gasteiger partial charge in [0, 0.05) is 11.1 Å². The molecule has 1 aliphatic rings. The van der Waals surface area contributed by atoms with E-state index in [0.29, 0.717) is 6.79 Å². The van der Waals surface area contributed by atoms with Gasteiger partial charge in [-0.1, -0.05) is 12.1 Å². The molecule has 1 aromatic carbocycles. The number of para-hydroxylation sites is 1. The Kier molecular flexibility index (Phi) is 1.70. The quantitative estimate of drug-likeness (QED) is 0.712. The largest absolute Gasteiger partial charge is 0.454 e. The topological polar surface area (TPSA) is 44.5 Å². The molecule has 1 aliphatic heterocycles. The highest BCUT2D eigenvalue weighted by Gasteiger charge is 2.25. The lowest BCUT2D eigenvalue weighted by atomic mass is 9.94. The number of fused-ring (bicyclic) bond motifs is 1. The van der Waals surface area contributed by atoms with Gasteiger partial charge in [-0.05, 0) is 19.9 Å². The van der Waals surface area contributed by atoms with Gasteiger partial charge < -0.3 is 15.2 Å². The van der Waals surface area contributed by atoms with Crippen molar-refractivity contribution in [1.29, 1.82) is 0 Å². The summed E-state index contributed by atoms with van der Waals surface area (Å²) in [6.45, 7) is 4.19. The van der Waals surface area contributed by atoms with Gasteiger partial charge in [-0.3, -0.25) is 0 Å². The molecule has 13 heavy (non-hydrogen) atoms. The molecule has 1 aromatic rings. The molecule has 0 saturated heterocycles. The SMILES string of the molecule is CC(C)(N)c1cccc2c1OCO2. The maximum atomic E-state index is 5.99. The van der Waals surface area contributed by atoms with E-state index in [1.54, 1.807) is 0 Å². The summed E-state index contributed by atoms with van der Waals surface area (Å²) in [5, 5.41) is 0. The molecule has 3 heteroatoms. The Labute approximate surface area is 77.5 Å². The first-order chi connectivity index (χ1) is 6.09. The van der Waals surface area contributed by atoms with E-state index in [1.165, 1.54) is 0 Å². The highest BCUT2D eigenvalue weighted by molar-refractivity contribution is 5.50. The van der Waals surface area contributed by atoms with Crippen LogP contribution in [0.5, 0.6) is 11.5 Å². The minimum Gasteiger partial charge on any atom is -0.454 e. The molecule has 3 nitrogen and oxygen atoms in total.